The van der Waals surface area contributed by atoms with Gasteiger partial charge in [0.1, 0.15) is 5.82 Å². The van der Waals surface area contributed by atoms with E-state index in [1.54, 1.807) is 12.1 Å². The summed E-state index contributed by atoms with van der Waals surface area (Å²) in [7, 11) is 0. The summed E-state index contributed by atoms with van der Waals surface area (Å²) in [5.41, 5.74) is 1.04. The molecule has 0 aliphatic heterocycles. The fraction of sp³-hybridized carbons (Fsp3) is 0.600. The first kappa shape index (κ1) is 12.6. The first-order chi connectivity index (χ1) is 8.16. The van der Waals surface area contributed by atoms with Gasteiger partial charge in [0.25, 0.3) is 0 Å². The predicted molar refractivity (Wildman–Crippen MR) is 69.4 cm³/mol. The largest absolute Gasteiger partial charge is 0.307 e. The van der Waals surface area contributed by atoms with E-state index in [-0.39, 0.29) is 11.9 Å². The van der Waals surface area contributed by atoms with Crippen molar-refractivity contribution in [3.8, 4) is 0 Å². The topological polar surface area (TPSA) is 12.0 Å². The lowest BCUT2D eigenvalue weighted by Crippen LogP contribution is -2.34. The summed E-state index contributed by atoms with van der Waals surface area (Å²) in [6.07, 6.45) is 5.41. The van der Waals surface area contributed by atoms with Crippen LogP contribution in [0.3, 0.4) is 0 Å². The van der Waals surface area contributed by atoms with Crippen LogP contribution < -0.4 is 5.32 Å². The van der Waals surface area contributed by atoms with E-state index in [1.165, 1.54) is 31.7 Å². The molecule has 2 atom stereocenters. The molecule has 1 fully saturated rings. The van der Waals surface area contributed by atoms with E-state index in [0.29, 0.717) is 6.04 Å². The zero-order valence-corrected chi connectivity index (χ0v) is 10.7. The molecule has 1 aromatic carbocycles. The molecule has 0 saturated heterocycles. The van der Waals surface area contributed by atoms with Crippen molar-refractivity contribution in [2.75, 3.05) is 0 Å². The van der Waals surface area contributed by atoms with Crippen LogP contribution in [0.15, 0.2) is 24.3 Å². The van der Waals surface area contributed by atoms with Crippen LogP contribution in [0.25, 0.3) is 0 Å². The molecule has 1 aliphatic rings. The number of rotatable bonds is 4. The number of benzene rings is 1. The molecule has 94 valence electrons. The second kappa shape index (κ2) is 5.63. The van der Waals surface area contributed by atoms with Gasteiger partial charge in [-0.25, -0.2) is 4.39 Å². The number of hydrogen-bond donors (Lipinski definition) is 1. The standard InChI is InChI=1S/C15H22FN/c1-11(13-6-3-4-7-13)17-12(2)14-8-5-9-15(16)10-14/h5,8-13,17H,3-4,6-7H2,1-2H3/t11?,12-/m0/s1. The average Bonchev–Trinajstić information content (AvgIpc) is 2.82. The van der Waals surface area contributed by atoms with E-state index in [0.717, 1.165) is 11.5 Å². The number of hydrogen-bond acceptors (Lipinski definition) is 1. The van der Waals surface area contributed by atoms with Crippen molar-refractivity contribution in [1.82, 2.24) is 5.32 Å². The first-order valence-electron chi connectivity index (χ1n) is 6.68. The summed E-state index contributed by atoms with van der Waals surface area (Å²) >= 11 is 0. The molecule has 2 heteroatoms. The number of halogens is 1. The smallest absolute Gasteiger partial charge is 0.123 e. The Morgan fingerprint density at radius 3 is 2.59 bits per heavy atom. The first-order valence-corrected chi connectivity index (χ1v) is 6.68. The van der Waals surface area contributed by atoms with Gasteiger partial charge in [-0.15, -0.1) is 0 Å². The summed E-state index contributed by atoms with van der Waals surface area (Å²) in [4.78, 5) is 0. The second-order valence-corrected chi connectivity index (χ2v) is 5.28. The third kappa shape index (κ3) is 3.29. The average molecular weight is 235 g/mol. The molecule has 0 radical (unpaired) electrons. The lowest BCUT2D eigenvalue weighted by atomic mass is 9.98. The molecule has 0 aromatic heterocycles. The van der Waals surface area contributed by atoms with Gasteiger partial charge in [0.15, 0.2) is 0 Å². The molecule has 0 amide bonds. The summed E-state index contributed by atoms with van der Waals surface area (Å²) in [6, 6.07) is 7.64. The third-order valence-electron chi connectivity index (χ3n) is 3.97. The van der Waals surface area contributed by atoms with Crippen molar-refractivity contribution in [3.63, 3.8) is 0 Å². The molecule has 1 N–H and O–H groups in total. The third-order valence-corrected chi connectivity index (χ3v) is 3.97. The van der Waals surface area contributed by atoms with Crippen LogP contribution in [-0.4, -0.2) is 6.04 Å². The van der Waals surface area contributed by atoms with Crippen LogP contribution in [0.1, 0.15) is 51.1 Å². The lowest BCUT2D eigenvalue weighted by molar-refractivity contribution is 0.352. The Morgan fingerprint density at radius 1 is 1.24 bits per heavy atom. The van der Waals surface area contributed by atoms with Gasteiger partial charge in [0.05, 0.1) is 0 Å². The zero-order chi connectivity index (χ0) is 12.3. The van der Waals surface area contributed by atoms with Crippen LogP contribution in [-0.2, 0) is 0 Å². The van der Waals surface area contributed by atoms with E-state index < -0.39 is 0 Å². The van der Waals surface area contributed by atoms with Gasteiger partial charge in [-0.3, -0.25) is 0 Å². The van der Waals surface area contributed by atoms with Crippen LogP contribution in [0, 0.1) is 11.7 Å². The Labute approximate surface area is 103 Å². The zero-order valence-electron chi connectivity index (χ0n) is 10.7. The van der Waals surface area contributed by atoms with Crippen molar-refractivity contribution in [2.45, 2.75) is 51.6 Å². The summed E-state index contributed by atoms with van der Waals surface area (Å²) < 4.78 is 13.1. The predicted octanol–water partition coefficient (Wildman–Crippen LogP) is 4.06. The Morgan fingerprint density at radius 2 is 1.94 bits per heavy atom. The fourth-order valence-electron chi connectivity index (χ4n) is 2.86. The summed E-state index contributed by atoms with van der Waals surface area (Å²) in [5, 5.41) is 3.60. The molecule has 1 nitrogen and oxygen atoms in total. The van der Waals surface area contributed by atoms with Crippen molar-refractivity contribution in [2.24, 2.45) is 5.92 Å². The molecule has 1 saturated carbocycles. The quantitative estimate of drug-likeness (QED) is 0.830. The summed E-state index contributed by atoms with van der Waals surface area (Å²) in [5.74, 6) is 0.649. The summed E-state index contributed by atoms with van der Waals surface area (Å²) in [6.45, 7) is 4.37. The minimum absolute atomic E-state index is 0.148. The van der Waals surface area contributed by atoms with Crippen molar-refractivity contribution < 1.29 is 4.39 Å². The van der Waals surface area contributed by atoms with Crippen LogP contribution >= 0.6 is 0 Å². The molecule has 0 bridgehead atoms. The van der Waals surface area contributed by atoms with E-state index in [4.69, 9.17) is 0 Å². The highest BCUT2D eigenvalue weighted by Crippen LogP contribution is 2.28. The van der Waals surface area contributed by atoms with E-state index in [2.05, 4.69) is 19.2 Å². The lowest BCUT2D eigenvalue weighted by Gasteiger charge is -2.25. The minimum atomic E-state index is -0.148. The monoisotopic (exact) mass is 235 g/mol. The van der Waals surface area contributed by atoms with Gasteiger partial charge >= 0.3 is 0 Å². The van der Waals surface area contributed by atoms with Gasteiger partial charge in [0.2, 0.25) is 0 Å². The fourth-order valence-corrected chi connectivity index (χ4v) is 2.86. The van der Waals surface area contributed by atoms with Crippen molar-refractivity contribution in [3.05, 3.63) is 35.6 Å². The van der Waals surface area contributed by atoms with Crippen LogP contribution in [0.2, 0.25) is 0 Å². The van der Waals surface area contributed by atoms with E-state index in [1.807, 2.05) is 6.07 Å². The maximum Gasteiger partial charge on any atom is 0.123 e. The second-order valence-electron chi connectivity index (χ2n) is 5.28. The van der Waals surface area contributed by atoms with E-state index in [9.17, 15) is 4.39 Å². The Hall–Kier alpha value is -0.890. The SMILES string of the molecule is CC(N[C@@H](C)c1cccc(F)c1)C1CCCC1. The maximum absolute atomic E-state index is 13.1. The molecular formula is C15H22FN. The molecule has 0 heterocycles. The normalized spacial score (nSPS) is 20.4. The highest BCUT2D eigenvalue weighted by molar-refractivity contribution is 5.19. The van der Waals surface area contributed by atoms with Crippen LogP contribution in [0.4, 0.5) is 4.39 Å². The molecule has 1 aliphatic carbocycles. The van der Waals surface area contributed by atoms with Crippen molar-refractivity contribution >= 4 is 0 Å². The van der Waals surface area contributed by atoms with Gasteiger partial charge in [0, 0.05) is 12.1 Å². The molecule has 17 heavy (non-hydrogen) atoms. The van der Waals surface area contributed by atoms with Crippen LogP contribution in [0.5, 0.6) is 0 Å². The molecule has 0 spiro atoms. The van der Waals surface area contributed by atoms with Gasteiger partial charge < -0.3 is 5.32 Å². The highest BCUT2D eigenvalue weighted by Gasteiger charge is 2.22. The Balaban J connectivity index is 1.93. The minimum Gasteiger partial charge on any atom is -0.307 e. The van der Waals surface area contributed by atoms with Gasteiger partial charge in [-0.1, -0.05) is 25.0 Å². The Bertz CT molecular complexity index is 358. The Kier molecular flexibility index (Phi) is 4.16. The van der Waals surface area contributed by atoms with Crippen molar-refractivity contribution in [1.29, 1.82) is 0 Å². The molecule has 1 unspecified atom stereocenters. The van der Waals surface area contributed by atoms with E-state index >= 15 is 0 Å². The van der Waals surface area contributed by atoms with Gasteiger partial charge in [-0.2, -0.15) is 0 Å². The molecule has 1 aromatic rings. The number of nitrogens with one attached hydrogen (secondary N) is 1. The highest BCUT2D eigenvalue weighted by atomic mass is 19.1. The maximum atomic E-state index is 13.1. The molecular weight excluding hydrogens is 213 g/mol. The van der Waals surface area contributed by atoms with Gasteiger partial charge in [-0.05, 0) is 50.3 Å². The molecule has 2 rings (SSSR count).